The van der Waals surface area contributed by atoms with Crippen molar-refractivity contribution in [1.29, 1.82) is 0 Å². The number of aromatic nitrogens is 2. The number of aromatic carboxylic acids is 1. The molecule has 0 saturated carbocycles. The van der Waals surface area contributed by atoms with E-state index in [2.05, 4.69) is 4.98 Å². The Hall–Kier alpha value is -1.36. The molecule has 1 aliphatic rings. The van der Waals surface area contributed by atoms with Gasteiger partial charge in [0.2, 0.25) is 0 Å². The molecule has 1 aromatic rings. The third-order valence-corrected chi connectivity index (χ3v) is 2.93. The second-order valence-electron chi connectivity index (χ2n) is 4.47. The number of aliphatic hydroxyl groups excluding tert-OH is 1. The average Bonchev–Trinajstić information content (AvgIpc) is 2.58. The van der Waals surface area contributed by atoms with Crippen LogP contribution >= 0.6 is 0 Å². The summed E-state index contributed by atoms with van der Waals surface area (Å²) in [6, 6.07) is 0. The van der Waals surface area contributed by atoms with Gasteiger partial charge < -0.3 is 14.8 Å². The van der Waals surface area contributed by atoms with E-state index in [0.29, 0.717) is 12.1 Å². The number of carboxylic acid groups (broad SMARTS) is 1. The Labute approximate surface area is 93.7 Å². The minimum atomic E-state index is -1.06. The molecular weight excluding hydrogens is 208 g/mol. The lowest BCUT2D eigenvalue weighted by Gasteiger charge is -2.22. The SMILES string of the molecule is CC(C)c1nc(C(=O)O)c2n1CCCC2O. The van der Waals surface area contributed by atoms with Crippen LogP contribution in [0.3, 0.4) is 0 Å². The highest BCUT2D eigenvalue weighted by Gasteiger charge is 2.30. The maximum atomic E-state index is 11.1. The summed E-state index contributed by atoms with van der Waals surface area (Å²) >= 11 is 0. The Kier molecular flexibility index (Phi) is 2.71. The first kappa shape index (κ1) is 11.1. The first-order chi connectivity index (χ1) is 7.52. The number of aliphatic hydroxyl groups is 1. The zero-order valence-corrected chi connectivity index (χ0v) is 9.47. The number of nitrogens with zero attached hydrogens (tertiary/aromatic N) is 2. The molecule has 16 heavy (non-hydrogen) atoms. The molecule has 0 bridgehead atoms. The summed E-state index contributed by atoms with van der Waals surface area (Å²) in [5.74, 6) is -0.139. The van der Waals surface area contributed by atoms with E-state index >= 15 is 0 Å². The Morgan fingerprint density at radius 2 is 2.25 bits per heavy atom. The van der Waals surface area contributed by atoms with Crippen LogP contribution in [-0.4, -0.2) is 25.7 Å². The van der Waals surface area contributed by atoms with Crippen LogP contribution in [0.5, 0.6) is 0 Å². The predicted molar refractivity (Wildman–Crippen MR) is 57.5 cm³/mol. The molecule has 0 spiro atoms. The topological polar surface area (TPSA) is 75.3 Å². The van der Waals surface area contributed by atoms with Gasteiger partial charge in [-0.05, 0) is 12.8 Å². The van der Waals surface area contributed by atoms with E-state index in [9.17, 15) is 9.90 Å². The molecule has 1 aromatic heterocycles. The van der Waals surface area contributed by atoms with Crippen LogP contribution in [0.15, 0.2) is 0 Å². The van der Waals surface area contributed by atoms with Crippen molar-refractivity contribution < 1.29 is 15.0 Å². The average molecular weight is 224 g/mol. The molecule has 0 fully saturated rings. The first-order valence-corrected chi connectivity index (χ1v) is 5.54. The summed E-state index contributed by atoms with van der Waals surface area (Å²) in [5.41, 5.74) is 0.485. The zero-order chi connectivity index (χ0) is 11.9. The maximum Gasteiger partial charge on any atom is 0.356 e. The van der Waals surface area contributed by atoms with Gasteiger partial charge in [0.05, 0.1) is 11.8 Å². The van der Waals surface area contributed by atoms with Gasteiger partial charge in [0.1, 0.15) is 5.82 Å². The van der Waals surface area contributed by atoms with Crippen LogP contribution in [-0.2, 0) is 6.54 Å². The van der Waals surface area contributed by atoms with Gasteiger partial charge >= 0.3 is 5.97 Å². The van der Waals surface area contributed by atoms with Gasteiger partial charge in [-0.1, -0.05) is 13.8 Å². The van der Waals surface area contributed by atoms with Gasteiger partial charge in [0, 0.05) is 12.5 Å². The molecule has 2 heterocycles. The van der Waals surface area contributed by atoms with Crippen molar-refractivity contribution in [2.24, 2.45) is 0 Å². The van der Waals surface area contributed by atoms with Gasteiger partial charge in [0.15, 0.2) is 5.69 Å². The highest BCUT2D eigenvalue weighted by molar-refractivity contribution is 5.87. The fourth-order valence-corrected chi connectivity index (χ4v) is 2.23. The van der Waals surface area contributed by atoms with Gasteiger partial charge in [-0.2, -0.15) is 0 Å². The van der Waals surface area contributed by atoms with E-state index in [-0.39, 0.29) is 11.6 Å². The molecule has 88 valence electrons. The number of fused-ring (bicyclic) bond motifs is 1. The molecule has 5 heteroatoms. The molecule has 0 aromatic carbocycles. The fraction of sp³-hybridized carbons (Fsp3) is 0.636. The van der Waals surface area contributed by atoms with Crippen molar-refractivity contribution in [3.8, 4) is 0 Å². The number of rotatable bonds is 2. The minimum absolute atomic E-state index is 0.0101. The number of carboxylic acids is 1. The van der Waals surface area contributed by atoms with E-state index in [1.54, 1.807) is 0 Å². The van der Waals surface area contributed by atoms with Crippen molar-refractivity contribution in [1.82, 2.24) is 9.55 Å². The second-order valence-corrected chi connectivity index (χ2v) is 4.47. The third kappa shape index (κ3) is 1.61. The van der Waals surface area contributed by atoms with Gasteiger partial charge in [-0.3, -0.25) is 0 Å². The number of hydrogen-bond acceptors (Lipinski definition) is 3. The van der Waals surface area contributed by atoms with Gasteiger partial charge in [0.25, 0.3) is 0 Å². The normalized spacial score (nSPS) is 19.9. The molecule has 1 unspecified atom stereocenters. The number of hydrogen-bond donors (Lipinski definition) is 2. The van der Waals surface area contributed by atoms with Crippen LogP contribution < -0.4 is 0 Å². The predicted octanol–water partition coefficient (Wildman–Crippen LogP) is 1.53. The second kappa shape index (κ2) is 3.90. The Morgan fingerprint density at radius 1 is 1.56 bits per heavy atom. The number of carbonyl (C=O) groups is 1. The Morgan fingerprint density at radius 3 is 2.81 bits per heavy atom. The van der Waals surface area contributed by atoms with Crippen LogP contribution in [0.25, 0.3) is 0 Å². The third-order valence-electron chi connectivity index (χ3n) is 2.93. The van der Waals surface area contributed by atoms with Gasteiger partial charge in [-0.15, -0.1) is 0 Å². The van der Waals surface area contributed by atoms with Crippen LogP contribution in [0.2, 0.25) is 0 Å². The maximum absolute atomic E-state index is 11.1. The summed E-state index contributed by atoms with van der Waals surface area (Å²) in [7, 11) is 0. The monoisotopic (exact) mass is 224 g/mol. The van der Waals surface area contributed by atoms with Crippen LogP contribution in [0.1, 0.15) is 60.7 Å². The van der Waals surface area contributed by atoms with Crippen molar-refractivity contribution >= 4 is 5.97 Å². The summed E-state index contributed by atoms with van der Waals surface area (Å²) in [5, 5.41) is 18.9. The quantitative estimate of drug-likeness (QED) is 0.798. The minimum Gasteiger partial charge on any atom is -0.476 e. The molecule has 5 nitrogen and oxygen atoms in total. The van der Waals surface area contributed by atoms with E-state index in [4.69, 9.17) is 5.11 Å². The summed E-state index contributed by atoms with van der Waals surface area (Å²) < 4.78 is 1.86. The van der Waals surface area contributed by atoms with Crippen molar-refractivity contribution in [3.05, 3.63) is 17.2 Å². The lowest BCUT2D eigenvalue weighted by molar-refractivity contribution is 0.0677. The van der Waals surface area contributed by atoms with Crippen LogP contribution in [0, 0.1) is 0 Å². The molecule has 0 radical (unpaired) electrons. The number of imidazole rings is 1. The van der Waals surface area contributed by atoms with E-state index in [0.717, 1.165) is 18.8 Å². The van der Waals surface area contributed by atoms with E-state index in [1.165, 1.54) is 0 Å². The Bertz CT molecular complexity index is 423. The van der Waals surface area contributed by atoms with Crippen molar-refractivity contribution in [2.75, 3.05) is 0 Å². The molecule has 0 amide bonds. The highest BCUT2D eigenvalue weighted by Crippen LogP contribution is 2.31. The van der Waals surface area contributed by atoms with E-state index in [1.807, 2.05) is 18.4 Å². The van der Waals surface area contributed by atoms with Crippen molar-refractivity contribution in [2.45, 2.75) is 45.3 Å². The largest absolute Gasteiger partial charge is 0.476 e. The van der Waals surface area contributed by atoms with Crippen molar-refractivity contribution in [3.63, 3.8) is 0 Å². The molecular formula is C11H16N2O3. The lowest BCUT2D eigenvalue weighted by Crippen LogP contribution is -2.19. The highest BCUT2D eigenvalue weighted by atomic mass is 16.4. The first-order valence-electron chi connectivity index (χ1n) is 5.54. The molecule has 2 rings (SSSR count). The molecule has 2 N–H and O–H groups in total. The lowest BCUT2D eigenvalue weighted by atomic mass is 10.0. The zero-order valence-electron chi connectivity index (χ0n) is 9.47. The van der Waals surface area contributed by atoms with E-state index < -0.39 is 12.1 Å². The molecule has 0 saturated heterocycles. The smallest absolute Gasteiger partial charge is 0.356 e. The molecule has 0 aliphatic carbocycles. The molecule has 1 atom stereocenters. The van der Waals surface area contributed by atoms with Gasteiger partial charge in [-0.25, -0.2) is 9.78 Å². The summed E-state index contributed by atoms with van der Waals surface area (Å²) in [6.07, 6.45) is 0.784. The standard InChI is InChI=1S/C11H16N2O3/c1-6(2)10-12-8(11(15)16)9-7(14)4-3-5-13(9)10/h6-7,14H,3-5H2,1-2H3,(H,15,16). The summed E-state index contributed by atoms with van der Waals surface area (Å²) in [4.78, 5) is 15.2. The Balaban J connectivity index is 2.60. The van der Waals surface area contributed by atoms with Crippen LogP contribution in [0.4, 0.5) is 0 Å². The molecule has 1 aliphatic heterocycles. The summed E-state index contributed by atoms with van der Waals surface area (Å²) in [6.45, 7) is 4.70. The fourth-order valence-electron chi connectivity index (χ4n) is 2.23.